The quantitative estimate of drug-likeness (QED) is 0.339. The molecular weight excluding hydrogens is 452 g/mol. The van der Waals surface area contributed by atoms with Crippen LogP contribution in [0.2, 0.25) is 0 Å². The zero-order valence-electron chi connectivity index (χ0n) is 20.7. The Balaban J connectivity index is 1.67. The molecule has 3 heterocycles. The molecule has 6 heteroatoms. The number of pyridine rings is 1. The van der Waals surface area contributed by atoms with Gasteiger partial charge in [0.1, 0.15) is 5.75 Å². The second-order valence-electron chi connectivity index (χ2n) is 9.20. The van der Waals surface area contributed by atoms with E-state index in [2.05, 4.69) is 84.9 Å². The van der Waals surface area contributed by atoms with Crippen molar-refractivity contribution in [3.63, 3.8) is 0 Å². The van der Waals surface area contributed by atoms with Crippen molar-refractivity contribution in [1.29, 1.82) is 0 Å². The second-order valence-corrected chi connectivity index (χ2v) is 9.59. The number of thiocarbonyl (C=S) groups is 1. The third-order valence-electron chi connectivity index (χ3n) is 6.70. The van der Waals surface area contributed by atoms with Crippen molar-refractivity contribution in [2.45, 2.75) is 39.8 Å². The van der Waals surface area contributed by atoms with Gasteiger partial charge in [0.05, 0.1) is 24.9 Å². The van der Waals surface area contributed by atoms with Gasteiger partial charge in [-0.05, 0) is 111 Å². The van der Waals surface area contributed by atoms with Gasteiger partial charge in [0.2, 0.25) is 0 Å². The normalized spacial score (nSPS) is 17.5. The van der Waals surface area contributed by atoms with E-state index in [9.17, 15) is 0 Å². The van der Waals surface area contributed by atoms with Crippen molar-refractivity contribution in [2.24, 2.45) is 0 Å². The molecule has 0 saturated carbocycles. The minimum atomic E-state index is -0.0843. The summed E-state index contributed by atoms with van der Waals surface area (Å²) in [5.74, 6) is 0.817. The van der Waals surface area contributed by atoms with E-state index in [0.717, 1.165) is 17.1 Å². The van der Waals surface area contributed by atoms with Crippen molar-refractivity contribution < 1.29 is 4.74 Å². The first-order valence-corrected chi connectivity index (χ1v) is 12.2. The molecule has 4 aromatic rings. The summed E-state index contributed by atoms with van der Waals surface area (Å²) >= 11 is 5.90. The molecule has 1 fully saturated rings. The third-order valence-corrected chi connectivity index (χ3v) is 7.02. The maximum atomic E-state index is 5.90. The van der Waals surface area contributed by atoms with Crippen molar-refractivity contribution in [2.75, 3.05) is 12.0 Å². The topological polar surface area (TPSA) is 42.3 Å². The summed E-state index contributed by atoms with van der Waals surface area (Å²) in [6.45, 7) is 8.66. The number of anilines is 1. The molecule has 1 aliphatic rings. The predicted molar refractivity (Wildman–Crippen MR) is 146 cm³/mol. The smallest absolute Gasteiger partial charge is 0.174 e. The molecule has 35 heavy (non-hydrogen) atoms. The molecule has 178 valence electrons. The highest BCUT2D eigenvalue weighted by atomic mass is 32.1. The number of aryl methyl sites for hydroxylation is 3. The van der Waals surface area contributed by atoms with E-state index in [0.29, 0.717) is 5.11 Å². The van der Waals surface area contributed by atoms with Gasteiger partial charge in [0.25, 0.3) is 0 Å². The highest BCUT2D eigenvalue weighted by molar-refractivity contribution is 7.80. The lowest BCUT2D eigenvalue weighted by Gasteiger charge is -2.28. The van der Waals surface area contributed by atoms with Crippen LogP contribution in [0.5, 0.6) is 5.75 Å². The molecule has 2 aromatic heterocycles. The van der Waals surface area contributed by atoms with E-state index in [-0.39, 0.29) is 12.1 Å². The number of ether oxygens (including phenoxy) is 1. The fourth-order valence-corrected chi connectivity index (χ4v) is 5.60. The Morgan fingerprint density at radius 3 is 2.23 bits per heavy atom. The Kier molecular flexibility index (Phi) is 6.07. The lowest BCUT2D eigenvalue weighted by atomic mass is 9.96. The minimum absolute atomic E-state index is 0.0587. The first-order valence-electron chi connectivity index (χ1n) is 11.8. The summed E-state index contributed by atoms with van der Waals surface area (Å²) in [6.07, 6.45) is 1.84. The Morgan fingerprint density at radius 1 is 0.886 bits per heavy atom. The summed E-state index contributed by atoms with van der Waals surface area (Å²) in [4.78, 5) is 6.90. The van der Waals surface area contributed by atoms with Crippen LogP contribution in [0.15, 0.2) is 72.9 Å². The fraction of sp³-hybridized carbons (Fsp3) is 0.241. The number of nitrogens with zero attached hydrogens (tertiary/aromatic N) is 3. The Bertz CT molecular complexity index is 1360. The average Bonchev–Trinajstić information content (AvgIpc) is 3.34. The van der Waals surface area contributed by atoms with Crippen molar-refractivity contribution in [1.82, 2.24) is 14.9 Å². The maximum absolute atomic E-state index is 5.90. The van der Waals surface area contributed by atoms with E-state index in [1.807, 2.05) is 30.5 Å². The fourth-order valence-electron chi connectivity index (χ4n) is 5.26. The van der Waals surface area contributed by atoms with Crippen LogP contribution < -0.4 is 15.0 Å². The molecule has 5 nitrogen and oxygen atoms in total. The van der Waals surface area contributed by atoms with Gasteiger partial charge < -0.3 is 19.5 Å². The van der Waals surface area contributed by atoms with Crippen LogP contribution in [0.4, 0.5) is 5.69 Å². The monoisotopic (exact) mass is 482 g/mol. The van der Waals surface area contributed by atoms with E-state index in [1.165, 1.54) is 33.8 Å². The van der Waals surface area contributed by atoms with Crippen LogP contribution in [0.3, 0.4) is 0 Å². The van der Waals surface area contributed by atoms with Gasteiger partial charge in [0, 0.05) is 29.0 Å². The summed E-state index contributed by atoms with van der Waals surface area (Å²) in [7, 11) is 1.68. The summed E-state index contributed by atoms with van der Waals surface area (Å²) in [5.41, 5.74) is 9.28. The van der Waals surface area contributed by atoms with E-state index >= 15 is 0 Å². The van der Waals surface area contributed by atoms with Crippen LogP contribution in [0.25, 0.3) is 5.69 Å². The number of benzene rings is 2. The highest BCUT2D eigenvalue weighted by Crippen LogP contribution is 2.44. The number of methoxy groups -OCH3 is 1. The largest absolute Gasteiger partial charge is 0.497 e. The van der Waals surface area contributed by atoms with Crippen molar-refractivity contribution >= 4 is 23.0 Å². The maximum Gasteiger partial charge on any atom is 0.174 e. The average molecular weight is 483 g/mol. The molecular formula is C29H30N4OS. The second kappa shape index (κ2) is 9.19. The van der Waals surface area contributed by atoms with E-state index < -0.39 is 0 Å². The molecule has 0 bridgehead atoms. The Morgan fingerprint density at radius 2 is 1.60 bits per heavy atom. The molecule has 1 N–H and O–H groups in total. The molecule has 2 atom stereocenters. The first-order chi connectivity index (χ1) is 16.9. The van der Waals surface area contributed by atoms with Crippen LogP contribution in [-0.2, 0) is 0 Å². The predicted octanol–water partition coefficient (Wildman–Crippen LogP) is 6.29. The van der Waals surface area contributed by atoms with Gasteiger partial charge in [-0.1, -0.05) is 12.1 Å². The Labute approximate surface area is 212 Å². The van der Waals surface area contributed by atoms with Crippen molar-refractivity contribution in [3.05, 3.63) is 107 Å². The molecule has 1 aliphatic heterocycles. The minimum Gasteiger partial charge on any atom is -0.497 e. The van der Waals surface area contributed by atoms with Gasteiger partial charge in [-0.3, -0.25) is 4.98 Å². The summed E-state index contributed by atoms with van der Waals surface area (Å²) in [5, 5.41) is 4.25. The lowest BCUT2D eigenvalue weighted by Crippen LogP contribution is -2.29. The van der Waals surface area contributed by atoms with Crippen LogP contribution in [-0.4, -0.2) is 21.8 Å². The zero-order chi connectivity index (χ0) is 24.7. The summed E-state index contributed by atoms with van der Waals surface area (Å²) < 4.78 is 7.73. The SMILES string of the molecule is COc1ccc(N2C(=S)N[C@@H](c3ccccn3)[C@H]2c2cc(C)n(-c3cc(C)cc(C)c3)c2C)cc1. The van der Waals surface area contributed by atoms with Crippen LogP contribution in [0.1, 0.15) is 45.9 Å². The molecule has 0 amide bonds. The van der Waals surface area contributed by atoms with Gasteiger partial charge in [-0.25, -0.2) is 0 Å². The molecule has 1 saturated heterocycles. The molecule has 0 unspecified atom stereocenters. The highest BCUT2D eigenvalue weighted by Gasteiger charge is 2.42. The van der Waals surface area contributed by atoms with E-state index in [1.54, 1.807) is 7.11 Å². The van der Waals surface area contributed by atoms with E-state index in [4.69, 9.17) is 21.9 Å². The number of rotatable bonds is 5. The van der Waals surface area contributed by atoms with Gasteiger partial charge in [0.15, 0.2) is 5.11 Å². The van der Waals surface area contributed by atoms with Crippen LogP contribution in [0, 0.1) is 27.7 Å². The molecule has 2 aromatic carbocycles. The standard InChI is InChI=1S/C29H30N4OS/c1-18-14-19(2)16-23(15-18)32-20(3)17-25(21(32)4)28-27(26-8-6-7-13-30-26)31-29(35)33(28)22-9-11-24(34-5)12-10-22/h6-17,27-28H,1-5H3,(H,31,35)/t27-,28+/m0/s1. The lowest BCUT2D eigenvalue weighted by molar-refractivity contribution is 0.415. The number of hydrogen-bond acceptors (Lipinski definition) is 3. The van der Waals surface area contributed by atoms with Crippen LogP contribution >= 0.6 is 12.2 Å². The molecule has 5 rings (SSSR count). The zero-order valence-corrected chi connectivity index (χ0v) is 21.6. The van der Waals surface area contributed by atoms with Gasteiger partial charge >= 0.3 is 0 Å². The van der Waals surface area contributed by atoms with Crippen molar-refractivity contribution in [3.8, 4) is 11.4 Å². The first kappa shape index (κ1) is 23.1. The number of nitrogens with one attached hydrogen (secondary N) is 1. The third kappa shape index (κ3) is 4.19. The summed E-state index contributed by atoms with van der Waals surface area (Å²) in [6, 6.07) is 22.9. The number of aromatic nitrogens is 2. The molecule has 0 radical (unpaired) electrons. The number of hydrogen-bond donors (Lipinski definition) is 1. The van der Waals surface area contributed by atoms with Gasteiger partial charge in [-0.15, -0.1) is 0 Å². The Hall–Kier alpha value is -3.64. The molecule has 0 spiro atoms. The van der Waals surface area contributed by atoms with Gasteiger partial charge in [-0.2, -0.15) is 0 Å². The molecule has 0 aliphatic carbocycles.